The molecule has 4 aromatic rings. The zero-order chi connectivity index (χ0) is 22.3. The third-order valence-corrected chi connectivity index (χ3v) is 5.43. The van der Waals surface area contributed by atoms with E-state index in [4.69, 9.17) is 4.42 Å². The molecule has 2 heterocycles. The topological polar surface area (TPSA) is 88.3 Å². The maximum absolute atomic E-state index is 13.4. The van der Waals surface area contributed by atoms with Crippen molar-refractivity contribution in [3.63, 3.8) is 0 Å². The van der Waals surface area contributed by atoms with Crippen molar-refractivity contribution in [2.75, 3.05) is 11.4 Å². The number of hydrogen-bond donors (Lipinski definition) is 1. The number of nitrogens with one attached hydrogen (secondary N) is 1. The SMILES string of the molecule is Cc1ccc(C(C(=O)NCCc2ccccc2)N(C(=O)c2csnn2)c2ccccc2)o1. The molecule has 2 amide bonds. The Hall–Kier alpha value is -3.78. The molecule has 32 heavy (non-hydrogen) atoms. The predicted octanol–water partition coefficient (Wildman–Crippen LogP) is 4.19. The first kappa shape index (κ1) is 21.5. The fourth-order valence-corrected chi connectivity index (χ4v) is 3.83. The number of aromatic nitrogens is 2. The summed E-state index contributed by atoms with van der Waals surface area (Å²) in [4.78, 5) is 28.3. The van der Waals surface area contributed by atoms with Crippen molar-refractivity contribution in [3.8, 4) is 0 Å². The Kier molecular flexibility index (Phi) is 6.72. The van der Waals surface area contributed by atoms with Crippen LogP contribution in [0.1, 0.15) is 33.6 Å². The molecule has 1 N–H and O–H groups in total. The second kappa shape index (κ2) is 10.0. The van der Waals surface area contributed by atoms with Crippen molar-refractivity contribution in [2.45, 2.75) is 19.4 Å². The summed E-state index contributed by atoms with van der Waals surface area (Å²) in [5.41, 5.74) is 1.84. The van der Waals surface area contributed by atoms with Crippen LogP contribution < -0.4 is 10.2 Å². The molecule has 0 aliphatic heterocycles. The number of para-hydroxylation sites is 1. The van der Waals surface area contributed by atoms with Gasteiger partial charge >= 0.3 is 0 Å². The van der Waals surface area contributed by atoms with E-state index >= 15 is 0 Å². The molecule has 0 radical (unpaired) electrons. The van der Waals surface area contributed by atoms with Crippen molar-refractivity contribution in [3.05, 3.63) is 101 Å². The van der Waals surface area contributed by atoms with Gasteiger partial charge in [-0.05, 0) is 54.7 Å². The number of hydrogen-bond acceptors (Lipinski definition) is 6. The van der Waals surface area contributed by atoms with E-state index in [0.29, 0.717) is 30.2 Å². The van der Waals surface area contributed by atoms with E-state index in [1.807, 2.05) is 48.5 Å². The van der Waals surface area contributed by atoms with Gasteiger partial charge in [-0.1, -0.05) is 53.0 Å². The Labute approximate surface area is 189 Å². The number of carbonyl (C=O) groups excluding carboxylic acids is 2. The maximum Gasteiger partial charge on any atom is 0.280 e. The average molecular weight is 447 g/mol. The number of anilines is 1. The van der Waals surface area contributed by atoms with E-state index in [-0.39, 0.29) is 11.6 Å². The fourth-order valence-electron chi connectivity index (χ4n) is 3.40. The number of carbonyl (C=O) groups is 2. The molecular weight excluding hydrogens is 424 g/mol. The van der Waals surface area contributed by atoms with Crippen LogP contribution in [0.3, 0.4) is 0 Å². The summed E-state index contributed by atoms with van der Waals surface area (Å²) in [6.07, 6.45) is 0.672. The van der Waals surface area contributed by atoms with Crippen molar-refractivity contribution < 1.29 is 14.0 Å². The quantitative estimate of drug-likeness (QED) is 0.439. The molecule has 1 atom stereocenters. The summed E-state index contributed by atoms with van der Waals surface area (Å²) in [5.74, 6) is 0.260. The molecule has 0 saturated heterocycles. The largest absolute Gasteiger partial charge is 0.464 e. The molecular formula is C24H22N4O3S. The highest BCUT2D eigenvalue weighted by Crippen LogP contribution is 2.30. The molecule has 2 aromatic carbocycles. The molecule has 7 nitrogen and oxygen atoms in total. The van der Waals surface area contributed by atoms with Crippen LogP contribution >= 0.6 is 11.5 Å². The number of rotatable bonds is 8. The van der Waals surface area contributed by atoms with E-state index in [9.17, 15) is 9.59 Å². The van der Waals surface area contributed by atoms with E-state index < -0.39 is 11.9 Å². The van der Waals surface area contributed by atoms with Gasteiger partial charge in [0.05, 0.1) is 0 Å². The number of benzene rings is 2. The minimum Gasteiger partial charge on any atom is -0.464 e. The fraction of sp³-hybridized carbons (Fsp3) is 0.167. The predicted molar refractivity (Wildman–Crippen MR) is 123 cm³/mol. The zero-order valence-electron chi connectivity index (χ0n) is 17.5. The third kappa shape index (κ3) is 4.92. The second-order valence-electron chi connectivity index (χ2n) is 7.18. The normalized spacial score (nSPS) is 11.7. The Bertz CT molecular complexity index is 1160. The number of aryl methyl sites for hydroxylation is 1. The summed E-state index contributed by atoms with van der Waals surface area (Å²) in [6.45, 7) is 2.22. The van der Waals surface area contributed by atoms with Gasteiger partial charge in [0.25, 0.3) is 11.8 Å². The van der Waals surface area contributed by atoms with Gasteiger partial charge in [0.2, 0.25) is 0 Å². The van der Waals surface area contributed by atoms with Gasteiger partial charge in [0, 0.05) is 17.6 Å². The lowest BCUT2D eigenvalue weighted by Gasteiger charge is -2.29. The van der Waals surface area contributed by atoms with Gasteiger partial charge in [0.15, 0.2) is 11.7 Å². The van der Waals surface area contributed by atoms with Gasteiger partial charge in [-0.15, -0.1) is 5.10 Å². The average Bonchev–Trinajstić information content (AvgIpc) is 3.50. The molecule has 0 bridgehead atoms. The number of amides is 2. The van der Waals surface area contributed by atoms with Crippen molar-refractivity contribution in [1.82, 2.24) is 14.9 Å². The van der Waals surface area contributed by atoms with E-state index in [2.05, 4.69) is 14.9 Å². The molecule has 0 aliphatic rings. The molecule has 0 saturated carbocycles. The number of nitrogens with zero attached hydrogens (tertiary/aromatic N) is 3. The molecule has 4 rings (SSSR count). The highest BCUT2D eigenvalue weighted by molar-refractivity contribution is 7.03. The first-order valence-electron chi connectivity index (χ1n) is 10.2. The maximum atomic E-state index is 13.4. The lowest BCUT2D eigenvalue weighted by Crippen LogP contribution is -2.44. The van der Waals surface area contributed by atoms with Crippen molar-refractivity contribution in [1.29, 1.82) is 0 Å². The summed E-state index contributed by atoms with van der Waals surface area (Å²) in [7, 11) is 0. The zero-order valence-corrected chi connectivity index (χ0v) is 18.3. The molecule has 162 valence electrons. The van der Waals surface area contributed by atoms with E-state index in [1.54, 1.807) is 36.6 Å². The Morgan fingerprint density at radius 3 is 2.38 bits per heavy atom. The smallest absolute Gasteiger partial charge is 0.280 e. The van der Waals surface area contributed by atoms with Gasteiger partial charge in [-0.2, -0.15) is 0 Å². The van der Waals surface area contributed by atoms with Crippen LogP contribution in [0.2, 0.25) is 0 Å². The first-order valence-corrected chi connectivity index (χ1v) is 11.0. The third-order valence-electron chi connectivity index (χ3n) is 4.93. The van der Waals surface area contributed by atoms with Gasteiger partial charge in [-0.25, -0.2) is 0 Å². The first-order chi connectivity index (χ1) is 15.6. The van der Waals surface area contributed by atoms with Gasteiger partial charge in [-0.3, -0.25) is 14.5 Å². The highest BCUT2D eigenvalue weighted by Gasteiger charge is 2.36. The lowest BCUT2D eigenvalue weighted by molar-refractivity contribution is -0.122. The Morgan fingerprint density at radius 1 is 1.03 bits per heavy atom. The van der Waals surface area contributed by atoms with Crippen LogP contribution in [0, 0.1) is 6.92 Å². The summed E-state index contributed by atoms with van der Waals surface area (Å²) in [5, 5.41) is 8.45. The Balaban J connectivity index is 1.66. The molecule has 0 fully saturated rings. The van der Waals surface area contributed by atoms with E-state index in [0.717, 1.165) is 17.1 Å². The van der Waals surface area contributed by atoms with Crippen LogP contribution in [0.5, 0.6) is 0 Å². The second-order valence-corrected chi connectivity index (χ2v) is 7.79. The lowest BCUT2D eigenvalue weighted by atomic mass is 10.1. The van der Waals surface area contributed by atoms with Crippen LogP contribution in [-0.4, -0.2) is 27.9 Å². The summed E-state index contributed by atoms with van der Waals surface area (Å²) < 4.78 is 9.62. The van der Waals surface area contributed by atoms with Crippen LogP contribution in [-0.2, 0) is 11.2 Å². The summed E-state index contributed by atoms with van der Waals surface area (Å²) in [6, 6.07) is 21.4. The van der Waals surface area contributed by atoms with Crippen LogP contribution in [0.4, 0.5) is 5.69 Å². The van der Waals surface area contributed by atoms with Crippen molar-refractivity contribution in [2.24, 2.45) is 0 Å². The van der Waals surface area contributed by atoms with Gasteiger partial charge in [0.1, 0.15) is 11.5 Å². The molecule has 1 unspecified atom stereocenters. The van der Waals surface area contributed by atoms with Crippen LogP contribution in [0.15, 0.2) is 82.6 Å². The highest BCUT2D eigenvalue weighted by atomic mass is 32.1. The van der Waals surface area contributed by atoms with Gasteiger partial charge < -0.3 is 9.73 Å². The number of furan rings is 1. The standard InChI is InChI=1S/C24H22N4O3S/c1-17-12-13-21(31-17)22(23(29)25-15-14-18-8-4-2-5-9-18)28(19-10-6-3-7-11-19)24(30)20-16-32-27-26-20/h2-13,16,22H,14-15H2,1H3,(H,25,29). The minimum absolute atomic E-state index is 0.171. The molecule has 2 aromatic heterocycles. The molecule has 0 aliphatic carbocycles. The van der Waals surface area contributed by atoms with Crippen molar-refractivity contribution >= 4 is 29.0 Å². The van der Waals surface area contributed by atoms with Crippen LogP contribution in [0.25, 0.3) is 0 Å². The van der Waals surface area contributed by atoms with E-state index in [1.165, 1.54) is 4.90 Å². The summed E-state index contributed by atoms with van der Waals surface area (Å²) >= 11 is 1.08. The molecule has 8 heteroatoms. The monoisotopic (exact) mass is 446 g/mol. The molecule has 0 spiro atoms. The minimum atomic E-state index is -1.00. The Morgan fingerprint density at radius 2 is 1.75 bits per heavy atom.